The summed E-state index contributed by atoms with van der Waals surface area (Å²) in [6.07, 6.45) is 7.51. The lowest BCUT2D eigenvalue weighted by atomic mass is 9.35. The third kappa shape index (κ3) is 4.56. The van der Waals surface area contributed by atoms with E-state index in [4.69, 9.17) is 14.6 Å². The highest BCUT2D eigenvalue weighted by molar-refractivity contribution is 5.90. The summed E-state index contributed by atoms with van der Waals surface area (Å²) in [6.45, 7) is 16.2. The molecule has 0 bridgehead atoms. The van der Waals surface area contributed by atoms with Crippen LogP contribution in [-0.2, 0) is 19.1 Å². The Bertz CT molecular complexity index is 993. The maximum atomic E-state index is 12.3. The third-order valence-electron chi connectivity index (χ3n) is 13.7. The fourth-order valence-corrected chi connectivity index (χ4v) is 11.5. The zero-order valence-electron chi connectivity index (χ0n) is 25.9. The summed E-state index contributed by atoms with van der Waals surface area (Å²) >= 11 is 0. The van der Waals surface area contributed by atoms with Gasteiger partial charge in [-0.3, -0.25) is 9.59 Å². The van der Waals surface area contributed by atoms with Crippen molar-refractivity contribution in [3.8, 4) is 0 Å². The number of hydrogen-bond donors (Lipinski definition) is 3. The second kappa shape index (κ2) is 9.94. The van der Waals surface area contributed by atoms with E-state index >= 15 is 0 Å². The standard InChI is InChI=1S/C33H54O7/c1-29(2)22-11-15-32(6)23(31(22,5)13-12-24(29)40-27(37)17-26(35)36)16-21(34)28-20(10-14-33(28,32)7)19-8-9-25(39-18-19)30(3,4)38/h19-25,28,34,38H,8-18H2,1-7H3,(H,35,36)/t19-,20-,21-,22+,23-,24-,25-,28+,31+,32-,33-/m1/s1. The van der Waals surface area contributed by atoms with Crippen molar-refractivity contribution in [2.24, 2.45) is 51.2 Å². The first-order valence-electron chi connectivity index (χ1n) is 15.9. The number of aliphatic hydroxyl groups is 2. The van der Waals surface area contributed by atoms with Crippen LogP contribution in [0.25, 0.3) is 0 Å². The molecule has 40 heavy (non-hydrogen) atoms. The fourth-order valence-electron chi connectivity index (χ4n) is 11.5. The van der Waals surface area contributed by atoms with Crippen LogP contribution in [0.5, 0.6) is 0 Å². The Kier molecular flexibility index (Phi) is 7.53. The minimum Gasteiger partial charge on any atom is -0.481 e. The Hall–Kier alpha value is -1.18. The predicted molar refractivity (Wildman–Crippen MR) is 151 cm³/mol. The zero-order chi connectivity index (χ0) is 29.5. The molecule has 0 aromatic carbocycles. The summed E-state index contributed by atoms with van der Waals surface area (Å²) in [7, 11) is 0. The average molecular weight is 563 g/mol. The highest BCUT2D eigenvalue weighted by Gasteiger charge is 2.71. The SMILES string of the molecule is CC(C)(O)[C@H]1CC[C@@H]([C@H]2CC[C@]3(C)[C@@H]2[C@H](O)C[C@@H]2[C@@]4(C)CC[C@@H](OC(=O)CC(=O)O)C(C)(C)[C@@H]4CC[C@]23C)CO1. The number of aliphatic hydroxyl groups excluding tert-OH is 1. The van der Waals surface area contributed by atoms with E-state index in [1.165, 1.54) is 0 Å². The van der Waals surface area contributed by atoms with E-state index < -0.39 is 24.0 Å². The van der Waals surface area contributed by atoms with Crippen molar-refractivity contribution >= 4 is 11.9 Å². The molecule has 7 nitrogen and oxygen atoms in total. The van der Waals surface area contributed by atoms with Crippen LogP contribution in [0, 0.1) is 51.2 Å². The summed E-state index contributed by atoms with van der Waals surface area (Å²) in [6, 6.07) is 0. The molecule has 1 heterocycles. The van der Waals surface area contributed by atoms with Crippen LogP contribution in [0.1, 0.15) is 113 Å². The fraction of sp³-hybridized carbons (Fsp3) is 0.939. The first kappa shape index (κ1) is 30.3. The van der Waals surface area contributed by atoms with Crippen molar-refractivity contribution in [3.63, 3.8) is 0 Å². The Balaban J connectivity index is 1.36. The molecule has 0 unspecified atom stereocenters. The summed E-state index contributed by atoms with van der Waals surface area (Å²) in [4.78, 5) is 23.4. The normalized spacial score (nSPS) is 48.4. The molecule has 7 heteroatoms. The largest absolute Gasteiger partial charge is 0.481 e. The summed E-state index contributed by atoms with van der Waals surface area (Å²) < 4.78 is 12.0. The number of carboxylic acids is 1. The summed E-state index contributed by atoms with van der Waals surface area (Å²) in [5.74, 6) is 0.0743. The Labute approximate surface area is 240 Å². The van der Waals surface area contributed by atoms with Gasteiger partial charge in [0, 0.05) is 5.41 Å². The summed E-state index contributed by atoms with van der Waals surface area (Å²) in [5, 5.41) is 31.5. The maximum absolute atomic E-state index is 12.3. The molecule has 0 radical (unpaired) electrons. The molecule has 5 aliphatic rings. The highest BCUT2D eigenvalue weighted by atomic mass is 16.5. The number of aliphatic carboxylic acids is 1. The number of carbonyl (C=O) groups excluding carboxylic acids is 1. The Morgan fingerprint density at radius 2 is 1.60 bits per heavy atom. The van der Waals surface area contributed by atoms with E-state index in [0.29, 0.717) is 30.3 Å². The van der Waals surface area contributed by atoms with Gasteiger partial charge in [0.1, 0.15) is 12.5 Å². The molecule has 3 N–H and O–H groups in total. The quantitative estimate of drug-likeness (QED) is 0.295. The van der Waals surface area contributed by atoms with E-state index in [-0.39, 0.29) is 45.9 Å². The van der Waals surface area contributed by atoms with Crippen LogP contribution in [0.3, 0.4) is 0 Å². The van der Waals surface area contributed by atoms with Crippen LogP contribution in [0.2, 0.25) is 0 Å². The smallest absolute Gasteiger partial charge is 0.317 e. The van der Waals surface area contributed by atoms with Crippen LogP contribution < -0.4 is 0 Å². The molecule has 0 amide bonds. The van der Waals surface area contributed by atoms with Gasteiger partial charge in [-0.05, 0) is 117 Å². The Morgan fingerprint density at radius 1 is 0.925 bits per heavy atom. The minimum absolute atomic E-state index is 0.0210. The number of hydrogen-bond acceptors (Lipinski definition) is 6. The number of fused-ring (bicyclic) bond motifs is 5. The van der Waals surface area contributed by atoms with Gasteiger partial charge >= 0.3 is 11.9 Å². The second-order valence-corrected chi connectivity index (χ2v) is 16.2. The number of rotatable bonds is 5. The lowest BCUT2D eigenvalue weighted by Crippen LogP contribution is -2.66. The van der Waals surface area contributed by atoms with Crippen molar-refractivity contribution in [2.45, 2.75) is 137 Å². The molecule has 0 spiro atoms. The van der Waals surface area contributed by atoms with Crippen LogP contribution in [-0.4, -0.2) is 57.8 Å². The number of ether oxygens (including phenoxy) is 2. The molecular formula is C33H54O7. The first-order chi connectivity index (χ1) is 18.4. The average Bonchev–Trinajstić information content (AvgIpc) is 3.21. The molecule has 228 valence electrons. The second-order valence-electron chi connectivity index (χ2n) is 16.2. The van der Waals surface area contributed by atoms with Crippen LogP contribution in [0.4, 0.5) is 0 Å². The molecule has 11 atom stereocenters. The van der Waals surface area contributed by atoms with Crippen molar-refractivity contribution < 1.29 is 34.4 Å². The third-order valence-corrected chi connectivity index (χ3v) is 13.7. The number of esters is 1. The van der Waals surface area contributed by atoms with Crippen LogP contribution in [0.15, 0.2) is 0 Å². The molecule has 4 aliphatic carbocycles. The lowest BCUT2D eigenvalue weighted by Gasteiger charge is -2.70. The van der Waals surface area contributed by atoms with E-state index in [9.17, 15) is 19.8 Å². The zero-order valence-corrected chi connectivity index (χ0v) is 25.9. The first-order valence-corrected chi connectivity index (χ1v) is 15.9. The minimum atomic E-state index is -1.15. The van der Waals surface area contributed by atoms with Gasteiger partial charge < -0.3 is 24.8 Å². The van der Waals surface area contributed by atoms with Gasteiger partial charge in [0.05, 0.1) is 24.4 Å². The topological polar surface area (TPSA) is 113 Å². The lowest BCUT2D eigenvalue weighted by molar-refractivity contribution is -0.247. The van der Waals surface area contributed by atoms with Gasteiger partial charge in [-0.1, -0.05) is 34.6 Å². The number of carboxylic acid groups (broad SMARTS) is 1. The highest BCUT2D eigenvalue weighted by Crippen LogP contribution is 2.75. The summed E-state index contributed by atoms with van der Waals surface area (Å²) in [5.41, 5.74) is -0.899. The van der Waals surface area contributed by atoms with Crippen molar-refractivity contribution in [2.75, 3.05) is 6.61 Å². The van der Waals surface area contributed by atoms with Crippen molar-refractivity contribution in [1.29, 1.82) is 0 Å². The monoisotopic (exact) mass is 562 g/mol. The van der Waals surface area contributed by atoms with Crippen LogP contribution >= 0.6 is 0 Å². The van der Waals surface area contributed by atoms with Gasteiger partial charge in [-0.2, -0.15) is 0 Å². The van der Waals surface area contributed by atoms with E-state index in [1.807, 2.05) is 13.8 Å². The predicted octanol–water partition coefficient (Wildman–Crippen LogP) is 5.59. The van der Waals surface area contributed by atoms with E-state index in [1.54, 1.807) is 0 Å². The number of carbonyl (C=O) groups is 2. The molecule has 0 aromatic heterocycles. The van der Waals surface area contributed by atoms with Gasteiger partial charge in [0.2, 0.25) is 0 Å². The molecular weight excluding hydrogens is 508 g/mol. The maximum Gasteiger partial charge on any atom is 0.317 e. The van der Waals surface area contributed by atoms with Gasteiger partial charge in [0.25, 0.3) is 0 Å². The van der Waals surface area contributed by atoms with Crippen molar-refractivity contribution in [1.82, 2.24) is 0 Å². The van der Waals surface area contributed by atoms with Gasteiger partial charge in [-0.15, -0.1) is 0 Å². The molecule has 5 fully saturated rings. The molecule has 1 aliphatic heterocycles. The van der Waals surface area contributed by atoms with Crippen molar-refractivity contribution in [3.05, 3.63) is 0 Å². The molecule has 5 rings (SSSR count). The molecule has 4 saturated carbocycles. The molecule has 1 saturated heterocycles. The van der Waals surface area contributed by atoms with Gasteiger partial charge in [-0.25, -0.2) is 0 Å². The molecule has 0 aromatic rings. The Morgan fingerprint density at radius 3 is 2.20 bits per heavy atom. The van der Waals surface area contributed by atoms with E-state index in [2.05, 4.69) is 34.6 Å². The van der Waals surface area contributed by atoms with Gasteiger partial charge in [0.15, 0.2) is 0 Å². The van der Waals surface area contributed by atoms with E-state index in [0.717, 1.165) is 57.8 Å².